The molecule has 0 aromatic heterocycles. The van der Waals surface area contributed by atoms with Crippen molar-refractivity contribution in [3.63, 3.8) is 0 Å². The number of benzene rings is 1. The predicted molar refractivity (Wildman–Crippen MR) is 89.7 cm³/mol. The van der Waals surface area contributed by atoms with Crippen LogP contribution in [-0.4, -0.2) is 44.3 Å². The first-order chi connectivity index (χ1) is 10.2. The third kappa shape index (κ3) is 4.90. The Morgan fingerprint density at radius 2 is 1.76 bits per heavy atom. The molecule has 0 amide bonds. The van der Waals surface area contributed by atoms with E-state index < -0.39 is 0 Å². The van der Waals surface area contributed by atoms with Crippen LogP contribution in [-0.2, 0) is 11.3 Å². The number of rotatable bonds is 7. The monoisotopic (exact) mass is 291 g/mol. The summed E-state index contributed by atoms with van der Waals surface area (Å²) >= 11 is 0. The molecule has 0 bridgehead atoms. The Labute approximate surface area is 128 Å². The molecule has 0 radical (unpaired) electrons. The normalized spacial score (nSPS) is 15.7. The lowest BCUT2D eigenvalue weighted by Gasteiger charge is -2.30. The van der Waals surface area contributed by atoms with Crippen LogP contribution in [0.4, 0.5) is 11.4 Å². The topological polar surface area (TPSA) is 41.7 Å². The number of nitrogens with zero attached hydrogens (tertiary/aromatic N) is 2. The highest BCUT2D eigenvalue weighted by molar-refractivity contribution is 5.58. The summed E-state index contributed by atoms with van der Waals surface area (Å²) in [6.07, 6.45) is 2.39. The SMILES string of the molecule is CCCN(CCC)Cc1cc(N)cc(N2CCOCC2)c1. The highest BCUT2D eigenvalue weighted by atomic mass is 16.5. The van der Waals surface area contributed by atoms with Gasteiger partial charge < -0.3 is 15.4 Å². The van der Waals surface area contributed by atoms with Gasteiger partial charge in [-0.2, -0.15) is 0 Å². The van der Waals surface area contributed by atoms with Crippen LogP contribution in [0.3, 0.4) is 0 Å². The molecular formula is C17H29N3O. The van der Waals surface area contributed by atoms with Crippen LogP contribution in [0.1, 0.15) is 32.3 Å². The summed E-state index contributed by atoms with van der Waals surface area (Å²) in [5.74, 6) is 0. The fraction of sp³-hybridized carbons (Fsp3) is 0.647. The highest BCUT2D eigenvalue weighted by Gasteiger charge is 2.13. The van der Waals surface area contributed by atoms with E-state index in [0.29, 0.717) is 0 Å². The molecule has 1 heterocycles. The summed E-state index contributed by atoms with van der Waals surface area (Å²) in [6.45, 7) is 11.3. The van der Waals surface area contributed by atoms with Gasteiger partial charge in [0.15, 0.2) is 0 Å². The van der Waals surface area contributed by atoms with Gasteiger partial charge in [-0.25, -0.2) is 0 Å². The molecule has 4 nitrogen and oxygen atoms in total. The third-order valence-corrected chi connectivity index (χ3v) is 3.86. The Morgan fingerprint density at radius 1 is 1.10 bits per heavy atom. The lowest BCUT2D eigenvalue weighted by atomic mass is 10.1. The molecule has 0 unspecified atom stereocenters. The van der Waals surface area contributed by atoms with Crippen LogP contribution in [0.5, 0.6) is 0 Å². The molecule has 21 heavy (non-hydrogen) atoms. The first-order valence-electron chi connectivity index (χ1n) is 8.17. The largest absolute Gasteiger partial charge is 0.399 e. The van der Waals surface area contributed by atoms with Crippen molar-refractivity contribution in [1.29, 1.82) is 0 Å². The second-order valence-electron chi connectivity index (χ2n) is 5.81. The van der Waals surface area contributed by atoms with Gasteiger partial charge in [-0.15, -0.1) is 0 Å². The number of morpholine rings is 1. The van der Waals surface area contributed by atoms with Gasteiger partial charge in [0, 0.05) is 31.0 Å². The van der Waals surface area contributed by atoms with Gasteiger partial charge in [0.1, 0.15) is 0 Å². The summed E-state index contributed by atoms with van der Waals surface area (Å²) in [5.41, 5.74) is 9.53. The summed E-state index contributed by atoms with van der Waals surface area (Å²) in [5, 5.41) is 0. The maximum atomic E-state index is 6.11. The molecule has 1 aromatic rings. The number of anilines is 2. The van der Waals surface area contributed by atoms with Crippen LogP contribution in [0, 0.1) is 0 Å². The molecule has 1 fully saturated rings. The standard InChI is InChI=1S/C17H29N3O/c1-3-5-19(6-4-2)14-15-11-16(18)13-17(12-15)20-7-9-21-10-8-20/h11-13H,3-10,14,18H2,1-2H3. The van der Waals surface area contributed by atoms with Crippen molar-refractivity contribution in [2.45, 2.75) is 33.2 Å². The molecule has 0 saturated carbocycles. The van der Waals surface area contributed by atoms with Crippen molar-refractivity contribution in [3.05, 3.63) is 23.8 Å². The molecule has 0 atom stereocenters. The van der Waals surface area contributed by atoms with Crippen molar-refractivity contribution >= 4 is 11.4 Å². The van der Waals surface area contributed by atoms with E-state index in [1.54, 1.807) is 0 Å². The van der Waals surface area contributed by atoms with E-state index >= 15 is 0 Å². The minimum atomic E-state index is 0.807. The minimum absolute atomic E-state index is 0.807. The van der Waals surface area contributed by atoms with Gasteiger partial charge in [-0.05, 0) is 49.7 Å². The van der Waals surface area contributed by atoms with Gasteiger partial charge in [-0.1, -0.05) is 13.8 Å². The van der Waals surface area contributed by atoms with Gasteiger partial charge in [0.25, 0.3) is 0 Å². The Bertz CT molecular complexity index is 424. The van der Waals surface area contributed by atoms with Gasteiger partial charge in [0.2, 0.25) is 0 Å². The second-order valence-corrected chi connectivity index (χ2v) is 5.81. The van der Waals surface area contributed by atoms with Crippen molar-refractivity contribution in [2.75, 3.05) is 50.0 Å². The molecule has 1 aromatic carbocycles. The van der Waals surface area contributed by atoms with E-state index in [4.69, 9.17) is 10.5 Å². The smallest absolute Gasteiger partial charge is 0.0642 e. The second kappa shape index (κ2) is 8.25. The van der Waals surface area contributed by atoms with E-state index in [-0.39, 0.29) is 0 Å². The molecule has 0 aliphatic carbocycles. The van der Waals surface area contributed by atoms with E-state index in [0.717, 1.165) is 51.6 Å². The van der Waals surface area contributed by atoms with Crippen molar-refractivity contribution < 1.29 is 4.74 Å². The molecule has 1 aliphatic heterocycles. The maximum absolute atomic E-state index is 6.11. The van der Waals surface area contributed by atoms with Crippen molar-refractivity contribution in [1.82, 2.24) is 4.90 Å². The molecule has 2 rings (SSSR count). The molecule has 1 saturated heterocycles. The molecule has 4 heteroatoms. The summed E-state index contributed by atoms with van der Waals surface area (Å²) in [4.78, 5) is 4.88. The third-order valence-electron chi connectivity index (χ3n) is 3.86. The maximum Gasteiger partial charge on any atom is 0.0642 e. The Morgan fingerprint density at radius 3 is 2.38 bits per heavy atom. The fourth-order valence-electron chi connectivity index (χ4n) is 2.96. The fourth-order valence-corrected chi connectivity index (χ4v) is 2.96. The Hall–Kier alpha value is -1.26. The highest BCUT2D eigenvalue weighted by Crippen LogP contribution is 2.23. The molecule has 0 spiro atoms. The number of nitrogens with two attached hydrogens (primary N) is 1. The van der Waals surface area contributed by atoms with Crippen LogP contribution in [0.2, 0.25) is 0 Å². The van der Waals surface area contributed by atoms with Crippen LogP contribution >= 0.6 is 0 Å². The van der Waals surface area contributed by atoms with E-state index in [9.17, 15) is 0 Å². The summed E-state index contributed by atoms with van der Waals surface area (Å²) in [6, 6.07) is 6.49. The van der Waals surface area contributed by atoms with Crippen molar-refractivity contribution in [2.24, 2.45) is 0 Å². The molecule has 2 N–H and O–H groups in total. The van der Waals surface area contributed by atoms with Gasteiger partial charge in [0.05, 0.1) is 13.2 Å². The van der Waals surface area contributed by atoms with Crippen LogP contribution in [0.15, 0.2) is 18.2 Å². The van der Waals surface area contributed by atoms with Crippen LogP contribution < -0.4 is 10.6 Å². The summed E-state index contributed by atoms with van der Waals surface area (Å²) < 4.78 is 5.43. The lowest BCUT2D eigenvalue weighted by Crippen LogP contribution is -2.36. The van der Waals surface area contributed by atoms with E-state index in [1.165, 1.54) is 24.1 Å². The number of hydrogen-bond donors (Lipinski definition) is 1. The van der Waals surface area contributed by atoms with E-state index in [1.807, 2.05) is 0 Å². The Balaban J connectivity index is 2.09. The Kier molecular flexibility index (Phi) is 6.33. The lowest BCUT2D eigenvalue weighted by molar-refractivity contribution is 0.122. The van der Waals surface area contributed by atoms with Gasteiger partial charge >= 0.3 is 0 Å². The average Bonchev–Trinajstić information content (AvgIpc) is 2.48. The summed E-state index contributed by atoms with van der Waals surface area (Å²) in [7, 11) is 0. The predicted octanol–water partition coefficient (Wildman–Crippen LogP) is 2.73. The van der Waals surface area contributed by atoms with E-state index in [2.05, 4.69) is 41.8 Å². The molecule has 118 valence electrons. The average molecular weight is 291 g/mol. The number of hydrogen-bond acceptors (Lipinski definition) is 4. The van der Waals surface area contributed by atoms with Gasteiger partial charge in [-0.3, -0.25) is 4.90 Å². The first kappa shape index (κ1) is 16.1. The minimum Gasteiger partial charge on any atom is -0.399 e. The van der Waals surface area contributed by atoms with Crippen LogP contribution in [0.25, 0.3) is 0 Å². The zero-order valence-corrected chi connectivity index (χ0v) is 13.5. The number of ether oxygens (including phenoxy) is 1. The first-order valence-corrected chi connectivity index (χ1v) is 8.17. The zero-order valence-electron chi connectivity index (χ0n) is 13.5. The quantitative estimate of drug-likeness (QED) is 0.784. The van der Waals surface area contributed by atoms with Crippen molar-refractivity contribution in [3.8, 4) is 0 Å². The zero-order chi connectivity index (χ0) is 15.1. The molecular weight excluding hydrogens is 262 g/mol. The number of nitrogen functional groups attached to an aromatic ring is 1. The molecule has 1 aliphatic rings.